The number of aryl methyl sites for hydroxylation is 1. The summed E-state index contributed by atoms with van der Waals surface area (Å²) in [5.74, 6) is 0. The number of likely N-dealkylation sites (tertiary alicyclic amines) is 1. The van der Waals surface area contributed by atoms with Crippen molar-refractivity contribution in [1.29, 1.82) is 0 Å². The van der Waals surface area contributed by atoms with Gasteiger partial charge in [0.15, 0.2) is 0 Å². The smallest absolute Gasteiger partial charge is 0.316 e. The number of ether oxygens (including phenoxy) is 1. The summed E-state index contributed by atoms with van der Waals surface area (Å²) in [7, 11) is 0. The van der Waals surface area contributed by atoms with Crippen LogP contribution in [0.4, 0.5) is 0 Å². The number of piperidine rings is 1. The Morgan fingerprint density at radius 3 is 2.41 bits per heavy atom. The average molecular weight is 318 g/mol. The molecule has 3 rings (SSSR count). The van der Waals surface area contributed by atoms with Crippen LogP contribution in [-0.2, 0) is 6.54 Å². The predicted octanol–water partition coefficient (Wildman–Crippen LogP) is 3.48. The Hall–Kier alpha value is -1.65. The van der Waals surface area contributed by atoms with Gasteiger partial charge in [0.2, 0.25) is 0 Å². The zero-order chi connectivity index (χ0) is 15.4. The van der Waals surface area contributed by atoms with Gasteiger partial charge in [-0.1, -0.05) is 41.4 Å². The van der Waals surface area contributed by atoms with Crippen molar-refractivity contribution in [3.8, 4) is 6.01 Å². The van der Waals surface area contributed by atoms with E-state index in [0.717, 1.165) is 32.5 Å². The number of aromatic nitrogens is 2. The van der Waals surface area contributed by atoms with Crippen LogP contribution < -0.4 is 4.74 Å². The number of halogens is 1. The lowest BCUT2D eigenvalue weighted by molar-refractivity contribution is 0.0892. The third-order valence-corrected chi connectivity index (χ3v) is 4.13. The van der Waals surface area contributed by atoms with E-state index in [1.54, 1.807) is 12.4 Å². The van der Waals surface area contributed by atoms with Gasteiger partial charge in [0.05, 0.1) is 17.4 Å². The van der Waals surface area contributed by atoms with Crippen molar-refractivity contribution in [3.63, 3.8) is 0 Å². The van der Waals surface area contributed by atoms with E-state index in [9.17, 15) is 0 Å². The van der Waals surface area contributed by atoms with Crippen molar-refractivity contribution in [2.75, 3.05) is 13.1 Å². The molecule has 2 heterocycles. The van der Waals surface area contributed by atoms with Gasteiger partial charge in [0, 0.05) is 19.6 Å². The highest BCUT2D eigenvalue weighted by Gasteiger charge is 2.21. The van der Waals surface area contributed by atoms with E-state index in [4.69, 9.17) is 16.3 Å². The lowest BCUT2D eigenvalue weighted by atomic mass is 10.1. The molecular formula is C17H20ClN3O. The molecule has 5 heteroatoms. The Morgan fingerprint density at radius 2 is 1.77 bits per heavy atom. The molecular weight excluding hydrogens is 298 g/mol. The van der Waals surface area contributed by atoms with E-state index < -0.39 is 0 Å². The van der Waals surface area contributed by atoms with Gasteiger partial charge in [-0.25, -0.2) is 9.97 Å². The second-order valence-electron chi connectivity index (χ2n) is 5.76. The minimum atomic E-state index is 0.190. The Labute approximate surface area is 136 Å². The minimum absolute atomic E-state index is 0.190. The number of hydrogen-bond donors (Lipinski definition) is 0. The molecule has 4 nitrogen and oxygen atoms in total. The van der Waals surface area contributed by atoms with Gasteiger partial charge in [-0.05, 0) is 25.3 Å². The van der Waals surface area contributed by atoms with Crippen LogP contribution >= 0.6 is 11.6 Å². The lowest BCUT2D eigenvalue weighted by Crippen LogP contribution is -2.38. The summed E-state index contributed by atoms with van der Waals surface area (Å²) >= 11 is 5.77. The van der Waals surface area contributed by atoms with Gasteiger partial charge in [-0.3, -0.25) is 4.90 Å². The van der Waals surface area contributed by atoms with E-state index in [-0.39, 0.29) is 6.10 Å². The summed E-state index contributed by atoms with van der Waals surface area (Å²) in [6.07, 6.45) is 5.32. The van der Waals surface area contributed by atoms with Gasteiger partial charge in [-0.15, -0.1) is 0 Å². The third-order valence-electron chi connectivity index (χ3n) is 3.93. The van der Waals surface area contributed by atoms with Gasteiger partial charge in [-0.2, -0.15) is 0 Å². The molecule has 2 aromatic rings. The van der Waals surface area contributed by atoms with Crippen LogP contribution in [0.1, 0.15) is 24.0 Å². The van der Waals surface area contributed by atoms with E-state index in [2.05, 4.69) is 46.1 Å². The molecule has 1 aliphatic heterocycles. The first-order valence-corrected chi connectivity index (χ1v) is 7.99. The van der Waals surface area contributed by atoms with Crippen LogP contribution in [0.3, 0.4) is 0 Å². The van der Waals surface area contributed by atoms with Crippen LogP contribution in [0.15, 0.2) is 36.7 Å². The Morgan fingerprint density at radius 1 is 1.14 bits per heavy atom. The van der Waals surface area contributed by atoms with E-state index in [0.29, 0.717) is 11.0 Å². The SMILES string of the molecule is Cc1ccc(CN2CCC(Oc3ncc(Cl)cn3)CC2)cc1. The van der Waals surface area contributed by atoms with Gasteiger partial charge in [0.1, 0.15) is 6.10 Å². The Balaban J connectivity index is 1.47. The van der Waals surface area contributed by atoms with E-state index in [1.165, 1.54) is 11.1 Å². The van der Waals surface area contributed by atoms with Crippen LogP contribution in [0.5, 0.6) is 6.01 Å². The van der Waals surface area contributed by atoms with Crippen molar-refractivity contribution < 1.29 is 4.74 Å². The number of rotatable bonds is 4. The molecule has 0 saturated carbocycles. The van der Waals surface area contributed by atoms with Crippen molar-refractivity contribution >= 4 is 11.6 Å². The summed E-state index contributed by atoms with van der Waals surface area (Å²) < 4.78 is 5.82. The molecule has 0 amide bonds. The summed E-state index contributed by atoms with van der Waals surface area (Å²) in [6, 6.07) is 9.17. The number of benzene rings is 1. The zero-order valence-electron chi connectivity index (χ0n) is 12.7. The highest BCUT2D eigenvalue weighted by Crippen LogP contribution is 2.18. The number of nitrogens with zero attached hydrogens (tertiary/aromatic N) is 3. The maximum Gasteiger partial charge on any atom is 0.316 e. The molecule has 22 heavy (non-hydrogen) atoms. The second-order valence-corrected chi connectivity index (χ2v) is 6.20. The first kappa shape index (κ1) is 15.3. The van der Waals surface area contributed by atoms with Crippen molar-refractivity contribution in [1.82, 2.24) is 14.9 Å². The normalized spacial score (nSPS) is 16.6. The fourth-order valence-electron chi connectivity index (χ4n) is 2.65. The van der Waals surface area contributed by atoms with Crippen molar-refractivity contribution in [3.05, 3.63) is 52.8 Å². The summed E-state index contributed by atoms with van der Waals surface area (Å²) in [5, 5.41) is 0.528. The number of hydrogen-bond acceptors (Lipinski definition) is 4. The molecule has 0 radical (unpaired) electrons. The topological polar surface area (TPSA) is 38.2 Å². The molecule has 1 aromatic heterocycles. The molecule has 1 aliphatic rings. The molecule has 0 N–H and O–H groups in total. The largest absolute Gasteiger partial charge is 0.460 e. The lowest BCUT2D eigenvalue weighted by Gasteiger charge is -2.31. The molecule has 1 aromatic carbocycles. The highest BCUT2D eigenvalue weighted by atomic mass is 35.5. The van der Waals surface area contributed by atoms with Gasteiger partial charge >= 0.3 is 6.01 Å². The fourth-order valence-corrected chi connectivity index (χ4v) is 2.74. The minimum Gasteiger partial charge on any atom is -0.460 e. The molecule has 0 atom stereocenters. The summed E-state index contributed by atoms with van der Waals surface area (Å²) in [4.78, 5) is 10.6. The van der Waals surface area contributed by atoms with Gasteiger partial charge in [0.25, 0.3) is 0 Å². The van der Waals surface area contributed by atoms with Crippen molar-refractivity contribution in [2.45, 2.75) is 32.4 Å². The maximum atomic E-state index is 5.82. The molecule has 0 bridgehead atoms. The monoisotopic (exact) mass is 317 g/mol. The van der Waals surface area contributed by atoms with E-state index >= 15 is 0 Å². The zero-order valence-corrected chi connectivity index (χ0v) is 13.5. The fraction of sp³-hybridized carbons (Fsp3) is 0.412. The Kier molecular flexibility index (Phi) is 4.90. The predicted molar refractivity (Wildman–Crippen MR) is 87.1 cm³/mol. The second kappa shape index (κ2) is 7.07. The molecule has 0 spiro atoms. The van der Waals surface area contributed by atoms with Gasteiger partial charge < -0.3 is 4.74 Å². The molecule has 0 unspecified atom stereocenters. The summed E-state index contributed by atoms with van der Waals surface area (Å²) in [6.45, 7) is 5.19. The first-order chi connectivity index (χ1) is 10.7. The van der Waals surface area contributed by atoms with E-state index in [1.807, 2.05) is 0 Å². The highest BCUT2D eigenvalue weighted by molar-refractivity contribution is 6.30. The molecule has 1 saturated heterocycles. The van der Waals surface area contributed by atoms with Crippen LogP contribution in [-0.4, -0.2) is 34.1 Å². The molecule has 1 fully saturated rings. The van der Waals surface area contributed by atoms with Crippen LogP contribution in [0.2, 0.25) is 5.02 Å². The molecule has 116 valence electrons. The first-order valence-electron chi connectivity index (χ1n) is 7.61. The van der Waals surface area contributed by atoms with Crippen molar-refractivity contribution in [2.24, 2.45) is 0 Å². The van der Waals surface area contributed by atoms with Crippen LogP contribution in [0.25, 0.3) is 0 Å². The Bertz CT molecular complexity index is 537. The quantitative estimate of drug-likeness (QED) is 0.865. The summed E-state index contributed by atoms with van der Waals surface area (Å²) in [5.41, 5.74) is 2.67. The standard InChI is InChI=1S/C17H20ClN3O/c1-13-2-4-14(5-3-13)12-21-8-6-16(7-9-21)22-17-19-10-15(18)11-20-17/h2-5,10-11,16H,6-9,12H2,1H3. The van der Waals surface area contributed by atoms with Crippen LogP contribution in [0, 0.1) is 6.92 Å². The maximum absolute atomic E-state index is 5.82. The molecule has 0 aliphatic carbocycles. The third kappa shape index (κ3) is 4.18. The average Bonchev–Trinajstić information content (AvgIpc) is 2.54.